The third kappa shape index (κ3) is 6.56. The molecule has 102 valence electrons. The highest BCUT2D eigenvalue weighted by Crippen LogP contribution is 2.18. The lowest BCUT2D eigenvalue weighted by Gasteiger charge is -2.15. The number of pyridine rings is 1. The van der Waals surface area contributed by atoms with Crippen molar-refractivity contribution in [1.29, 1.82) is 0 Å². The van der Waals surface area contributed by atoms with Gasteiger partial charge in [-0.25, -0.2) is 8.42 Å². The van der Waals surface area contributed by atoms with E-state index in [-0.39, 0.29) is 11.7 Å². The van der Waals surface area contributed by atoms with Gasteiger partial charge in [0.2, 0.25) is 9.05 Å². The Balaban J connectivity index is 2.57. The van der Waals surface area contributed by atoms with Crippen molar-refractivity contribution in [3.05, 3.63) is 22.9 Å². The number of hydrogen-bond acceptors (Lipinski definition) is 4. The van der Waals surface area contributed by atoms with E-state index in [0.29, 0.717) is 12.4 Å². The molecule has 1 atom stereocenters. The van der Waals surface area contributed by atoms with Crippen LogP contribution in [0.25, 0.3) is 0 Å². The zero-order valence-electron chi connectivity index (χ0n) is 9.97. The van der Waals surface area contributed by atoms with Crippen LogP contribution in [0.4, 0.5) is 0 Å². The molecule has 1 aromatic rings. The van der Waals surface area contributed by atoms with E-state index in [9.17, 15) is 8.42 Å². The smallest absolute Gasteiger partial charge is 0.232 e. The highest BCUT2D eigenvalue weighted by atomic mass is 79.9. The van der Waals surface area contributed by atoms with Gasteiger partial charge in [-0.2, -0.15) is 0 Å². The maximum atomic E-state index is 11.1. The van der Waals surface area contributed by atoms with Crippen molar-refractivity contribution in [2.75, 3.05) is 12.4 Å². The molecule has 0 spiro atoms. The molecule has 18 heavy (non-hydrogen) atoms. The van der Waals surface area contributed by atoms with E-state index in [0.717, 1.165) is 17.3 Å². The average Bonchev–Trinajstić information content (AvgIpc) is 2.24. The Labute approximate surface area is 120 Å². The summed E-state index contributed by atoms with van der Waals surface area (Å²) in [4.78, 5) is 3.97. The van der Waals surface area contributed by atoms with Gasteiger partial charge < -0.3 is 4.74 Å². The van der Waals surface area contributed by atoms with E-state index >= 15 is 0 Å². The molecule has 0 radical (unpaired) electrons. The Hall–Kier alpha value is -0.330. The van der Waals surface area contributed by atoms with Gasteiger partial charge in [-0.15, -0.1) is 0 Å². The summed E-state index contributed by atoms with van der Waals surface area (Å²) in [6, 6.07) is 1.78. The van der Waals surface area contributed by atoms with Gasteiger partial charge in [-0.3, -0.25) is 4.98 Å². The molecule has 0 amide bonds. The molecule has 0 aliphatic heterocycles. The number of aromatic nitrogens is 1. The highest BCUT2D eigenvalue weighted by molar-refractivity contribution is 9.10. The van der Waals surface area contributed by atoms with Crippen LogP contribution in [0.5, 0.6) is 5.75 Å². The first-order valence-electron chi connectivity index (χ1n) is 5.56. The Morgan fingerprint density at radius 3 is 2.78 bits per heavy atom. The van der Waals surface area contributed by atoms with Gasteiger partial charge in [0.25, 0.3) is 0 Å². The topological polar surface area (TPSA) is 56.3 Å². The van der Waals surface area contributed by atoms with Gasteiger partial charge in [0.15, 0.2) is 0 Å². The van der Waals surface area contributed by atoms with E-state index in [4.69, 9.17) is 15.4 Å². The minimum absolute atomic E-state index is 0.0656. The fraction of sp³-hybridized carbons (Fsp3) is 0.545. The predicted molar refractivity (Wildman–Crippen MR) is 75.5 cm³/mol. The van der Waals surface area contributed by atoms with E-state index in [2.05, 4.69) is 20.9 Å². The monoisotopic (exact) mass is 355 g/mol. The zero-order chi connectivity index (χ0) is 13.6. The second-order valence-electron chi connectivity index (χ2n) is 4.01. The Bertz CT molecular complexity index is 481. The summed E-state index contributed by atoms with van der Waals surface area (Å²) in [6.07, 6.45) is 4.88. The summed E-state index contributed by atoms with van der Waals surface area (Å²) < 4.78 is 28.5. The fourth-order valence-corrected chi connectivity index (χ4v) is 3.29. The lowest BCUT2D eigenvalue weighted by Crippen LogP contribution is -2.19. The lowest BCUT2D eigenvalue weighted by atomic mass is 10.1. The Morgan fingerprint density at radius 2 is 2.22 bits per heavy atom. The summed E-state index contributed by atoms with van der Waals surface area (Å²) in [5, 5.41) is 0. The molecule has 1 unspecified atom stereocenters. The maximum absolute atomic E-state index is 11.1. The van der Waals surface area contributed by atoms with Crippen molar-refractivity contribution < 1.29 is 13.2 Å². The summed E-state index contributed by atoms with van der Waals surface area (Å²) in [7, 11) is 1.78. The van der Waals surface area contributed by atoms with Gasteiger partial charge >= 0.3 is 0 Å². The first-order valence-corrected chi connectivity index (χ1v) is 8.83. The quantitative estimate of drug-likeness (QED) is 0.704. The van der Waals surface area contributed by atoms with Crippen LogP contribution >= 0.6 is 26.6 Å². The molecule has 0 bridgehead atoms. The average molecular weight is 357 g/mol. The standard InChI is InChI=1S/C11H15BrClNO3S/c1-2-3-9(8-18(13,15)16)7-17-11-4-10(12)5-14-6-11/h4-6,9H,2-3,7-8H2,1H3. The molecule has 0 saturated carbocycles. The number of hydrogen-bond donors (Lipinski definition) is 0. The normalized spacial score (nSPS) is 13.3. The molecule has 0 aliphatic carbocycles. The third-order valence-corrected chi connectivity index (χ3v) is 3.98. The molecule has 1 heterocycles. The Morgan fingerprint density at radius 1 is 1.50 bits per heavy atom. The first kappa shape index (κ1) is 15.7. The van der Waals surface area contributed by atoms with Crippen LogP contribution in [-0.2, 0) is 9.05 Å². The minimum Gasteiger partial charge on any atom is -0.492 e. The summed E-state index contributed by atoms with van der Waals surface area (Å²) in [5.74, 6) is 0.443. The first-order chi connectivity index (χ1) is 8.40. The predicted octanol–water partition coefficient (Wildman–Crippen LogP) is 3.21. The summed E-state index contributed by atoms with van der Waals surface area (Å²) >= 11 is 3.29. The minimum atomic E-state index is -3.49. The van der Waals surface area contributed by atoms with Crippen molar-refractivity contribution in [3.8, 4) is 5.75 Å². The van der Waals surface area contributed by atoms with Crippen molar-refractivity contribution in [3.63, 3.8) is 0 Å². The number of ether oxygens (including phenoxy) is 1. The molecule has 4 nitrogen and oxygen atoms in total. The molecule has 1 aromatic heterocycles. The van der Waals surface area contributed by atoms with Crippen molar-refractivity contribution in [1.82, 2.24) is 4.98 Å². The number of nitrogens with zero attached hydrogens (tertiary/aromatic N) is 1. The van der Waals surface area contributed by atoms with Crippen LogP contribution in [0.1, 0.15) is 19.8 Å². The number of rotatable bonds is 7. The van der Waals surface area contributed by atoms with Gasteiger partial charge in [-0.1, -0.05) is 13.3 Å². The van der Waals surface area contributed by atoms with Crippen LogP contribution in [-0.4, -0.2) is 25.8 Å². The van der Waals surface area contributed by atoms with E-state index in [1.807, 2.05) is 6.92 Å². The van der Waals surface area contributed by atoms with Crippen LogP contribution in [0, 0.1) is 5.92 Å². The van der Waals surface area contributed by atoms with Crippen molar-refractivity contribution >= 4 is 35.7 Å². The van der Waals surface area contributed by atoms with Gasteiger partial charge in [0, 0.05) is 27.3 Å². The molecular weight excluding hydrogens is 342 g/mol. The molecule has 0 fully saturated rings. The number of halogens is 2. The second-order valence-corrected chi connectivity index (χ2v) is 7.75. The SMILES string of the molecule is CCCC(COc1cncc(Br)c1)CS(=O)(=O)Cl. The maximum Gasteiger partial charge on any atom is 0.232 e. The van der Waals surface area contributed by atoms with Crippen LogP contribution < -0.4 is 4.74 Å². The van der Waals surface area contributed by atoms with E-state index in [1.54, 1.807) is 18.5 Å². The molecule has 7 heteroatoms. The lowest BCUT2D eigenvalue weighted by molar-refractivity contribution is 0.252. The zero-order valence-corrected chi connectivity index (χ0v) is 13.1. The molecule has 1 rings (SSSR count). The van der Waals surface area contributed by atoms with Gasteiger partial charge in [-0.05, 0) is 28.4 Å². The van der Waals surface area contributed by atoms with Crippen LogP contribution in [0.3, 0.4) is 0 Å². The van der Waals surface area contributed by atoms with Gasteiger partial charge in [0.1, 0.15) is 5.75 Å². The second kappa shape index (κ2) is 7.31. The van der Waals surface area contributed by atoms with Crippen LogP contribution in [0.2, 0.25) is 0 Å². The molecule has 0 aromatic carbocycles. The molecule has 0 saturated heterocycles. The largest absolute Gasteiger partial charge is 0.492 e. The van der Waals surface area contributed by atoms with Crippen LogP contribution in [0.15, 0.2) is 22.9 Å². The third-order valence-electron chi connectivity index (χ3n) is 2.30. The molecular formula is C11H15BrClNO3S. The molecule has 0 aliphatic rings. The van der Waals surface area contributed by atoms with Crippen molar-refractivity contribution in [2.45, 2.75) is 19.8 Å². The summed E-state index contributed by atoms with van der Waals surface area (Å²) in [5.41, 5.74) is 0. The molecule has 0 N–H and O–H groups in total. The van der Waals surface area contributed by atoms with Crippen molar-refractivity contribution in [2.24, 2.45) is 5.92 Å². The van der Waals surface area contributed by atoms with E-state index < -0.39 is 9.05 Å². The van der Waals surface area contributed by atoms with Gasteiger partial charge in [0.05, 0.1) is 18.6 Å². The Kier molecular flexibility index (Phi) is 6.38. The fourth-order valence-electron chi connectivity index (χ4n) is 1.59. The highest BCUT2D eigenvalue weighted by Gasteiger charge is 2.17. The summed E-state index contributed by atoms with van der Waals surface area (Å²) in [6.45, 7) is 2.31. The van der Waals surface area contributed by atoms with E-state index in [1.165, 1.54) is 0 Å².